The van der Waals surface area contributed by atoms with Gasteiger partial charge < -0.3 is 5.32 Å². The Hall–Kier alpha value is -0.570. The Morgan fingerprint density at radius 2 is 2.31 bits per heavy atom. The number of nitrogens with one attached hydrogen (secondary N) is 1. The van der Waals surface area contributed by atoms with Gasteiger partial charge in [0.1, 0.15) is 5.82 Å². The van der Waals surface area contributed by atoms with Crippen LogP contribution in [0.25, 0.3) is 0 Å². The Labute approximate surface area is 87.9 Å². The highest BCUT2D eigenvalue weighted by Gasteiger charge is 1.97. The van der Waals surface area contributed by atoms with Crippen molar-refractivity contribution >= 4 is 21.7 Å². The molecule has 72 valence electrons. The lowest BCUT2D eigenvalue weighted by Crippen LogP contribution is -2.02. The molecule has 1 rings (SSSR count). The molecule has 0 radical (unpaired) electrons. The Morgan fingerprint density at radius 1 is 1.54 bits per heavy atom. The smallest absolute Gasteiger partial charge is 0.126 e. The molecule has 0 aromatic carbocycles. The summed E-state index contributed by atoms with van der Waals surface area (Å²) in [6.45, 7) is 5.25. The van der Waals surface area contributed by atoms with E-state index in [1.165, 1.54) is 18.4 Å². The summed E-state index contributed by atoms with van der Waals surface area (Å²) in [6.07, 6.45) is 4.24. The molecule has 0 aliphatic heterocycles. The topological polar surface area (TPSA) is 24.9 Å². The molecule has 1 aromatic heterocycles. The highest BCUT2D eigenvalue weighted by Crippen LogP contribution is 2.16. The molecule has 0 fully saturated rings. The second kappa shape index (κ2) is 5.22. The quantitative estimate of drug-likeness (QED) is 0.820. The molecule has 0 saturated carbocycles. The third-order valence-corrected chi connectivity index (χ3v) is 2.71. The van der Waals surface area contributed by atoms with E-state index < -0.39 is 0 Å². The molecule has 2 nitrogen and oxygen atoms in total. The summed E-state index contributed by atoms with van der Waals surface area (Å²) in [5.74, 6) is 0.967. The molecule has 0 unspecified atom stereocenters. The monoisotopic (exact) mass is 242 g/mol. The van der Waals surface area contributed by atoms with Gasteiger partial charge in [0.15, 0.2) is 0 Å². The SMILES string of the molecule is CCCCNc1cc(C)c(Br)cn1. The fourth-order valence-electron chi connectivity index (χ4n) is 1.03. The van der Waals surface area contributed by atoms with E-state index in [2.05, 4.69) is 46.1 Å². The molecule has 0 bridgehead atoms. The average molecular weight is 243 g/mol. The summed E-state index contributed by atoms with van der Waals surface area (Å²) < 4.78 is 1.06. The van der Waals surface area contributed by atoms with Crippen molar-refractivity contribution in [3.8, 4) is 0 Å². The van der Waals surface area contributed by atoms with Crippen LogP contribution in [0.3, 0.4) is 0 Å². The van der Waals surface area contributed by atoms with Gasteiger partial charge in [-0.1, -0.05) is 13.3 Å². The standard InChI is InChI=1S/C10H15BrN2/c1-3-4-5-12-10-6-8(2)9(11)7-13-10/h6-7H,3-5H2,1-2H3,(H,12,13). The van der Waals surface area contributed by atoms with E-state index in [1.54, 1.807) is 0 Å². The largest absolute Gasteiger partial charge is 0.370 e. The van der Waals surface area contributed by atoms with Gasteiger partial charge >= 0.3 is 0 Å². The molecule has 1 aromatic rings. The van der Waals surface area contributed by atoms with Crippen LogP contribution in [0.5, 0.6) is 0 Å². The maximum atomic E-state index is 4.25. The number of pyridine rings is 1. The third-order valence-electron chi connectivity index (χ3n) is 1.88. The van der Waals surface area contributed by atoms with Gasteiger partial charge in [-0.3, -0.25) is 0 Å². The minimum atomic E-state index is 0.967. The first-order valence-electron chi connectivity index (χ1n) is 4.60. The summed E-state index contributed by atoms with van der Waals surface area (Å²) in [5, 5.41) is 3.28. The number of aryl methyl sites for hydroxylation is 1. The van der Waals surface area contributed by atoms with Crippen molar-refractivity contribution < 1.29 is 0 Å². The fourth-order valence-corrected chi connectivity index (χ4v) is 1.25. The molecule has 0 spiro atoms. The number of rotatable bonds is 4. The van der Waals surface area contributed by atoms with Crippen molar-refractivity contribution in [3.05, 3.63) is 22.3 Å². The highest BCUT2D eigenvalue weighted by molar-refractivity contribution is 9.10. The number of hydrogen-bond acceptors (Lipinski definition) is 2. The molecule has 0 aliphatic rings. The van der Waals surface area contributed by atoms with Gasteiger partial charge in [0, 0.05) is 17.2 Å². The van der Waals surface area contributed by atoms with Gasteiger partial charge in [0.2, 0.25) is 0 Å². The summed E-state index contributed by atoms with van der Waals surface area (Å²) in [4.78, 5) is 4.25. The lowest BCUT2D eigenvalue weighted by atomic mass is 10.3. The van der Waals surface area contributed by atoms with Crippen LogP contribution in [0.15, 0.2) is 16.7 Å². The van der Waals surface area contributed by atoms with E-state index in [0.29, 0.717) is 0 Å². The first-order valence-corrected chi connectivity index (χ1v) is 5.39. The molecular formula is C10H15BrN2. The molecular weight excluding hydrogens is 228 g/mol. The second-order valence-corrected chi connectivity index (χ2v) is 3.95. The molecule has 13 heavy (non-hydrogen) atoms. The number of hydrogen-bond donors (Lipinski definition) is 1. The van der Waals surface area contributed by atoms with E-state index in [9.17, 15) is 0 Å². The summed E-state index contributed by atoms with van der Waals surface area (Å²) in [7, 11) is 0. The fraction of sp³-hybridized carbons (Fsp3) is 0.500. The second-order valence-electron chi connectivity index (χ2n) is 3.10. The lowest BCUT2D eigenvalue weighted by molar-refractivity contribution is 0.831. The maximum absolute atomic E-state index is 4.25. The third kappa shape index (κ3) is 3.35. The van der Waals surface area contributed by atoms with Crippen LogP contribution in [0.4, 0.5) is 5.82 Å². The van der Waals surface area contributed by atoms with E-state index in [-0.39, 0.29) is 0 Å². The highest BCUT2D eigenvalue weighted by atomic mass is 79.9. The summed E-state index contributed by atoms with van der Waals surface area (Å²) in [6, 6.07) is 2.06. The van der Waals surface area contributed by atoms with Crippen molar-refractivity contribution in [2.24, 2.45) is 0 Å². The van der Waals surface area contributed by atoms with Gasteiger partial charge in [-0.15, -0.1) is 0 Å². The van der Waals surface area contributed by atoms with Crippen LogP contribution in [-0.2, 0) is 0 Å². The predicted octanol–water partition coefficient (Wildman–Crippen LogP) is 3.36. The van der Waals surface area contributed by atoms with Gasteiger partial charge in [0.25, 0.3) is 0 Å². The van der Waals surface area contributed by atoms with Crippen LogP contribution in [0, 0.1) is 6.92 Å². The predicted molar refractivity (Wildman–Crippen MR) is 60.1 cm³/mol. The van der Waals surface area contributed by atoms with Crippen LogP contribution in [0.2, 0.25) is 0 Å². The molecule has 3 heteroatoms. The number of aromatic nitrogens is 1. The normalized spacial score (nSPS) is 10.1. The van der Waals surface area contributed by atoms with E-state index in [1.807, 2.05) is 6.20 Å². The van der Waals surface area contributed by atoms with Gasteiger partial charge in [-0.25, -0.2) is 4.98 Å². The van der Waals surface area contributed by atoms with Crippen molar-refractivity contribution in [1.82, 2.24) is 4.98 Å². The number of anilines is 1. The molecule has 0 amide bonds. The lowest BCUT2D eigenvalue weighted by Gasteiger charge is -2.05. The number of halogens is 1. The Kier molecular flexibility index (Phi) is 4.22. The Balaban J connectivity index is 2.53. The minimum absolute atomic E-state index is 0.967. The number of nitrogens with zero attached hydrogens (tertiary/aromatic N) is 1. The Bertz CT molecular complexity index is 274. The maximum Gasteiger partial charge on any atom is 0.126 e. The molecule has 0 atom stereocenters. The van der Waals surface area contributed by atoms with Crippen molar-refractivity contribution in [2.75, 3.05) is 11.9 Å². The van der Waals surface area contributed by atoms with Crippen LogP contribution in [-0.4, -0.2) is 11.5 Å². The van der Waals surface area contributed by atoms with Crippen molar-refractivity contribution in [2.45, 2.75) is 26.7 Å². The first-order chi connectivity index (χ1) is 6.24. The zero-order chi connectivity index (χ0) is 9.68. The van der Waals surface area contributed by atoms with Crippen LogP contribution >= 0.6 is 15.9 Å². The minimum Gasteiger partial charge on any atom is -0.370 e. The van der Waals surface area contributed by atoms with E-state index in [4.69, 9.17) is 0 Å². The van der Waals surface area contributed by atoms with Gasteiger partial charge in [-0.05, 0) is 40.9 Å². The van der Waals surface area contributed by atoms with Crippen molar-refractivity contribution in [3.63, 3.8) is 0 Å². The zero-order valence-corrected chi connectivity index (χ0v) is 9.69. The number of unbranched alkanes of at least 4 members (excludes halogenated alkanes) is 1. The van der Waals surface area contributed by atoms with Crippen molar-refractivity contribution in [1.29, 1.82) is 0 Å². The van der Waals surface area contributed by atoms with Gasteiger partial charge in [-0.2, -0.15) is 0 Å². The Morgan fingerprint density at radius 3 is 2.92 bits per heavy atom. The van der Waals surface area contributed by atoms with E-state index in [0.717, 1.165) is 16.8 Å². The molecule has 0 saturated heterocycles. The van der Waals surface area contributed by atoms with Crippen LogP contribution in [0.1, 0.15) is 25.3 Å². The molecule has 1 N–H and O–H groups in total. The first kappa shape index (κ1) is 10.5. The average Bonchev–Trinajstić information content (AvgIpc) is 2.12. The van der Waals surface area contributed by atoms with Gasteiger partial charge in [0.05, 0.1) is 0 Å². The zero-order valence-electron chi connectivity index (χ0n) is 8.10. The van der Waals surface area contributed by atoms with Crippen LogP contribution < -0.4 is 5.32 Å². The molecule has 0 aliphatic carbocycles. The molecule has 1 heterocycles. The summed E-state index contributed by atoms with van der Waals surface area (Å²) in [5.41, 5.74) is 1.22. The van der Waals surface area contributed by atoms with E-state index >= 15 is 0 Å². The summed E-state index contributed by atoms with van der Waals surface area (Å²) >= 11 is 3.42.